The highest BCUT2D eigenvalue weighted by atomic mass is 16.5. The van der Waals surface area contributed by atoms with Crippen LogP contribution in [0.15, 0.2) is 4.52 Å². The first-order valence-electron chi connectivity index (χ1n) is 6.15. The van der Waals surface area contributed by atoms with E-state index >= 15 is 0 Å². The summed E-state index contributed by atoms with van der Waals surface area (Å²) in [5, 5.41) is 3.94. The third kappa shape index (κ3) is 2.25. The highest BCUT2D eigenvalue weighted by molar-refractivity contribution is 5.79. The Balaban J connectivity index is 2.14. The number of carbonyl (C=O) groups excluding carboxylic acids is 1. The van der Waals surface area contributed by atoms with Gasteiger partial charge in [0.1, 0.15) is 5.60 Å². The Morgan fingerprint density at radius 3 is 2.83 bits per heavy atom. The lowest BCUT2D eigenvalue weighted by Gasteiger charge is -2.17. The molecule has 0 radical (unpaired) electrons. The van der Waals surface area contributed by atoms with Gasteiger partial charge >= 0.3 is 0 Å². The molecule has 1 aromatic heterocycles. The molecule has 1 aliphatic heterocycles. The van der Waals surface area contributed by atoms with E-state index in [0.29, 0.717) is 24.7 Å². The fraction of sp³-hybridized carbons (Fsp3) is 0.750. The van der Waals surface area contributed by atoms with Crippen LogP contribution in [0, 0.1) is 0 Å². The van der Waals surface area contributed by atoms with Crippen molar-refractivity contribution >= 4 is 5.91 Å². The lowest BCUT2D eigenvalue weighted by molar-refractivity contribution is -0.127. The minimum Gasteiger partial charge on any atom is -0.371 e. The minimum atomic E-state index is -0.575. The summed E-state index contributed by atoms with van der Waals surface area (Å²) in [6.07, 6.45) is 0.447. The van der Waals surface area contributed by atoms with E-state index in [1.54, 1.807) is 12.0 Å². The van der Waals surface area contributed by atoms with Gasteiger partial charge in [-0.25, -0.2) is 0 Å². The average molecular weight is 253 g/mol. The number of rotatable bonds is 4. The van der Waals surface area contributed by atoms with Crippen molar-refractivity contribution in [1.82, 2.24) is 15.0 Å². The van der Waals surface area contributed by atoms with Crippen LogP contribution in [0.4, 0.5) is 0 Å². The summed E-state index contributed by atoms with van der Waals surface area (Å²) < 4.78 is 10.6. The molecule has 0 spiro atoms. The van der Waals surface area contributed by atoms with Gasteiger partial charge in [-0.05, 0) is 20.8 Å². The van der Waals surface area contributed by atoms with E-state index in [2.05, 4.69) is 10.1 Å². The zero-order chi connectivity index (χ0) is 13.3. The molecule has 18 heavy (non-hydrogen) atoms. The van der Waals surface area contributed by atoms with Gasteiger partial charge in [0.05, 0.1) is 5.92 Å². The number of nitrogens with zero attached hydrogens (tertiary/aromatic N) is 3. The summed E-state index contributed by atoms with van der Waals surface area (Å²) in [5.74, 6) is 1.20. The molecule has 1 aliphatic rings. The zero-order valence-electron chi connectivity index (χ0n) is 11.3. The Morgan fingerprint density at radius 2 is 2.28 bits per heavy atom. The van der Waals surface area contributed by atoms with Crippen molar-refractivity contribution in [1.29, 1.82) is 0 Å². The third-order valence-electron chi connectivity index (χ3n) is 3.44. The summed E-state index contributed by atoms with van der Waals surface area (Å²) in [6.45, 7) is 7.09. The van der Waals surface area contributed by atoms with Crippen LogP contribution in [-0.2, 0) is 15.1 Å². The zero-order valence-corrected chi connectivity index (χ0v) is 11.3. The quantitative estimate of drug-likeness (QED) is 0.808. The number of likely N-dealkylation sites (tertiary alicyclic amines) is 1. The van der Waals surface area contributed by atoms with Crippen molar-refractivity contribution < 1.29 is 14.1 Å². The van der Waals surface area contributed by atoms with E-state index in [1.165, 1.54) is 0 Å². The van der Waals surface area contributed by atoms with Crippen molar-refractivity contribution in [3.8, 4) is 0 Å². The molecule has 100 valence electrons. The van der Waals surface area contributed by atoms with Gasteiger partial charge in [0, 0.05) is 26.6 Å². The second-order valence-corrected chi connectivity index (χ2v) is 5.00. The van der Waals surface area contributed by atoms with Gasteiger partial charge in [0.2, 0.25) is 17.6 Å². The fourth-order valence-corrected chi connectivity index (χ4v) is 1.98. The molecule has 0 aromatic carbocycles. The normalized spacial score (nSPS) is 20.8. The first kappa shape index (κ1) is 13.0. The van der Waals surface area contributed by atoms with E-state index in [1.807, 2.05) is 20.8 Å². The van der Waals surface area contributed by atoms with Gasteiger partial charge in [0.25, 0.3) is 0 Å². The summed E-state index contributed by atoms with van der Waals surface area (Å²) in [4.78, 5) is 17.8. The molecule has 6 heteroatoms. The van der Waals surface area contributed by atoms with Gasteiger partial charge in [0.15, 0.2) is 0 Å². The highest BCUT2D eigenvalue weighted by Gasteiger charge is 2.35. The van der Waals surface area contributed by atoms with Crippen molar-refractivity contribution in [3.05, 3.63) is 11.7 Å². The van der Waals surface area contributed by atoms with Gasteiger partial charge in [-0.15, -0.1) is 0 Å². The molecule has 2 rings (SSSR count). The summed E-state index contributed by atoms with van der Waals surface area (Å²) in [5.41, 5.74) is -0.575. The van der Waals surface area contributed by atoms with E-state index in [0.717, 1.165) is 6.54 Å². The summed E-state index contributed by atoms with van der Waals surface area (Å²) >= 11 is 0. The molecule has 1 amide bonds. The van der Waals surface area contributed by atoms with Gasteiger partial charge in [-0.1, -0.05) is 5.16 Å². The van der Waals surface area contributed by atoms with Crippen LogP contribution in [0.5, 0.6) is 0 Å². The number of carbonyl (C=O) groups is 1. The average Bonchev–Trinajstić information content (AvgIpc) is 2.95. The molecule has 1 aromatic rings. The minimum absolute atomic E-state index is 0.00589. The highest BCUT2D eigenvalue weighted by Crippen LogP contribution is 2.29. The van der Waals surface area contributed by atoms with E-state index < -0.39 is 5.60 Å². The molecule has 0 unspecified atom stereocenters. The van der Waals surface area contributed by atoms with E-state index in [-0.39, 0.29) is 11.8 Å². The molecule has 0 bridgehead atoms. The second-order valence-electron chi connectivity index (χ2n) is 5.00. The summed E-state index contributed by atoms with van der Waals surface area (Å²) in [6, 6.07) is 0. The third-order valence-corrected chi connectivity index (χ3v) is 3.44. The van der Waals surface area contributed by atoms with Crippen LogP contribution < -0.4 is 0 Å². The molecule has 1 fully saturated rings. The number of hydrogen-bond donors (Lipinski definition) is 0. The predicted molar refractivity (Wildman–Crippen MR) is 63.9 cm³/mol. The number of aromatic nitrogens is 2. The molecule has 0 saturated carbocycles. The smallest absolute Gasteiger partial charge is 0.232 e. The molecule has 0 aliphatic carbocycles. The van der Waals surface area contributed by atoms with Crippen LogP contribution in [-0.4, -0.2) is 41.1 Å². The molecule has 0 N–H and O–H groups in total. The van der Waals surface area contributed by atoms with Crippen LogP contribution >= 0.6 is 0 Å². The monoisotopic (exact) mass is 253 g/mol. The van der Waals surface area contributed by atoms with Crippen LogP contribution in [0.2, 0.25) is 0 Å². The number of ether oxygens (including phenoxy) is 1. The van der Waals surface area contributed by atoms with Gasteiger partial charge < -0.3 is 14.2 Å². The first-order valence-corrected chi connectivity index (χ1v) is 6.15. The molecular formula is C12H19N3O3. The lowest BCUT2D eigenvalue weighted by Crippen LogP contribution is -2.24. The van der Waals surface area contributed by atoms with Crippen LogP contribution in [0.25, 0.3) is 0 Å². The molecule has 1 atom stereocenters. The molecule has 6 nitrogen and oxygen atoms in total. The maximum Gasteiger partial charge on any atom is 0.232 e. The van der Waals surface area contributed by atoms with Crippen molar-refractivity contribution in [2.75, 3.05) is 20.2 Å². The molecule has 2 heterocycles. The van der Waals surface area contributed by atoms with E-state index in [4.69, 9.17) is 9.26 Å². The SMILES string of the molecule is CCN1C[C@H](c2nc(C(C)(C)OC)no2)CC1=O. The maximum atomic E-state index is 11.7. The largest absolute Gasteiger partial charge is 0.371 e. The topological polar surface area (TPSA) is 68.5 Å². The Kier molecular flexibility index (Phi) is 3.38. The number of amides is 1. The lowest BCUT2D eigenvalue weighted by atomic mass is 10.1. The fourth-order valence-electron chi connectivity index (χ4n) is 1.98. The number of methoxy groups -OCH3 is 1. The number of hydrogen-bond acceptors (Lipinski definition) is 5. The molecular weight excluding hydrogens is 234 g/mol. The van der Waals surface area contributed by atoms with Crippen molar-refractivity contribution in [2.24, 2.45) is 0 Å². The second kappa shape index (κ2) is 4.68. The summed E-state index contributed by atoms with van der Waals surface area (Å²) in [7, 11) is 1.61. The predicted octanol–water partition coefficient (Wildman–Crippen LogP) is 1.29. The Morgan fingerprint density at radius 1 is 1.56 bits per heavy atom. The van der Waals surface area contributed by atoms with Crippen LogP contribution in [0.1, 0.15) is 44.8 Å². The van der Waals surface area contributed by atoms with Crippen molar-refractivity contribution in [3.63, 3.8) is 0 Å². The Bertz CT molecular complexity index is 442. The molecule has 1 saturated heterocycles. The maximum absolute atomic E-state index is 11.7. The van der Waals surface area contributed by atoms with Gasteiger partial charge in [-0.2, -0.15) is 4.98 Å². The first-order chi connectivity index (χ1) is 8.47. The van der Waals surface area contributed by atoms with Crippen molar-refractivity contribution in [2.45, 2.75) is 38.7 Å². The van der Waals surface area contributed by atoms with Crippen LogP contribution in [0.3, 0.4) is 0 Å². The number of likely N-dealkylation sites (N-methyl/N-ethyl adjacent to an activating group) is 1. The standard InChI is InChI=1S/C12H19N3O3/c1-5-15-7-8(6-9(15)16)10-13-11(14-18-10)12(2,3)17-4/h8H,5-7H2,1-4H3/t8-/m1/s1. The van der Waals surface area contributed by atoms with E-state index in [9.17, 15) is 4.79 Å². The Labute approximate surface area is 106 Å². The van der Waals surface area contributed by atoms with Gasteiger partial charge in [-0.3, -0.25) is 4.79 Å². The Hall–Kier alpha value is -1.43.